The Morgan fingerprint density at radius 2 is 2.00 bits per heavy atom. The van der Waals surface area contributed by atoms with Gasteiger partial charge in [-0.2, -0.15) is 0 Å². The second-order valence-electron chi connectivity index (χ2n) is 4.88. The van der Waals surface area contributed by atoms with Crippen LogP contribution in [0.1, 0.15) is 30.0 Å². The number of aromatic nitrogens is 2. The van der Waals surface area contributed by atoms with E-state index in [1.807, 2.05) is 31.3 Å². The van der Waals surface area contributed by atoms with Gasteiger partial charge < -0.3 is 19.7 Å². The maximum atomic E-state index is 11.4. The molecule has 3 rings (SSSR count). The highest BCUT2D eigenvalue weighted by Gasteiger charge is 2.19. The lowest BCUT2D eigenvalue weighted by Crippen LogP contribution is -2.17. The Kier molecular flexibility index (Phi) is 3.73. The molecule has 0 fully saturated rings. The third-order valence-electron chi connectivity index (χ3n) is 3.55. The zero-order chi connectivity index (χ0) is 15.0. The molecule has 2 aromatic heterocycles. The second-order valence-corrected chi connectivity index (χ2v) is 5.73. The average Bonchev–Trinajstić information content (AvgIpc) is 3.05. The third-order valence-corrected chi connectivity index (χ3v) is 4.24. The predicted octanol–water partition coefficient (Wildman–Crippen LogP) is 3.08. The maximum Gasteiger partial charge on any atom is 0.323 e. The molecule has 0 aliphatic rings. The second kappa shape index (κ2) is 5.54. The van der Waals surface area contributed by atoms with Crippen LogP contribution in [0.25, 0.3) is 11.0 Å². The van der Waals surface area contributed by atoms with Crippen molar-refractivity contribution < 1.29 is 4.42 Å². The van der Waals surface area contributed by atoms with E-state index in [1.165, 1.54) is 0 Å². The average molecular weight is 350 g/mol. The SMILES string of the molecule is CCc1ccc(C(NC)c2cc3[nH]c(=O)[nH]c3cc2Br)o1. The zero-order valence-corrected chi connectivity index (χ0v) is 13.4. The number of aryl methyl sites for hydroxylation is 1. The fraction of sp³-hybridized carbons (Fsp3) is 0.267. The summed E-state index contributed by atoms with van der Waals surface area (Å²) in [7, 11) is 1.88. The van der Waals surface area contributed by atoms with Crippen LogP contribution in [0.4, 0.5) is 0 Å². The number of hydrogen-bond donors (Lipinski definition) is 3. The minimum Gasteiger partial charge on any atom is -0.464 e. The summed E-state index contributed by atoms with van der Waals surface area (Å²) in [6.45, 7) is 2.06. The van der Waals surface area contributed by atoms with Crippen molar-refractivity contribution in [1.29, 1.82) is 0 Å². The highest BCUT2D eigenvalue weighted by atomic mass is 79.9. The lowest BCUT2D eigenvalue weighted by atomic mass is 10.0. The largest absolute Gasteiger partial charge is 0.464 e. The molecule has 21 heavy (non-hydrogen) atoms. The number of fused-ring (bicyclic) bond motifs is 1. The van der Waals surface area contributed by atoms with Gasteiger partial charge in [-0.05, 0) is 36.9 Å². The van der Waals surface area contributed by atoms with Gasteiger partial charge in [0.15, 0.2) is 0 Å². The van der Waals surface area contributed by atoms with E-state index in [0.717, 1.165) is 39.0 Å². The smallest absolute Gasteiger partial charge is 0.323 e. The minimum absolute atomic E-state index is 0.0810. The first-order chi connectivity index (χ1) is 10.1. The fourth-order valence-corrected chi connectivity index (χ4v) is 3.06. The summed E-state index contributed by atoms with van der Waals surface area (Å²) in [6, 6.07) is 7.74. The molecule has 0 aliphatic carbocycles. The number of nitrogens with one attached hydrogen (secondary N) is 3. The van der Waals surface area contributed by atoms with Crippen LogP contribution in [0.5, 0.6) is 0 Å². The molecule has 110 valence electrons. The van der Waals surface area contributed by atoms with Gasteiger partial charge in [-0.1, -0.05) is 22.9 Å². The number of furan rings is 1. The van der Waals surface area contributed by atoms with E-state index in [-0.39, 0.29) is 11.7 Å². The van der Waals surface area contributed by atoms with Gasteiger partial charge in [0.1, 0.15) is 11.5 Å². The number of aromatic amines is 2. The van der Waals surface area contributed by atoms with Crippen LogP contribution in [0.3, 0.4) is 0 Å². The van der Waals surface area contributed by atoms with Crippen molar-refractivity contribution in [3.8, 4) is 0 Å². The van der Waals surface area contributed by atoms with Crippen LogP contribution < -0.4 is 11.0 Å². The van der Waals surface area contributed by atoms with Gasteiger partial charge in [-0.15, -0.1) is 0 Å². The van der Waals surface area contributed by atoms with E-state index in [0.29, 0.717) is 0 Å². The lowest BCUT2D eigenvalue weighted by molar-refractivity contribution is 0.433. The Balaban J connectivity index is 2.11. The number of H-pyrrole nitrogens is 2. The molecule has 0 amide bonds. The summed E-state index contributed by atoms with van der Waals surface area (Å²) in [5, 5.41) is 3.26. The molecule has 0 bridgehead atoms. The van der Waals surface area contributed by atoms with E-state index >= 15 is 0 Å². The lowest BCUT2D eigenvalue weighted by Gasteiger charge is -2.16. The van der Waals surface area contributed by atoms with Crippen LogP contribution in [0, 0.1) is 0 Å². The van der Waals surface area contributed by atoms with Crippen LogP contribution >= 0.6 is 15.9 Å². The number of benzene rings is 1. The van der Waals surface area contributed by atoms with Gasteiger partial charge in [0, 0.05) is 10.9 Å². The highest BCUT2D eigenvalue weighted by Crippen LogP contribution is 2.31. The minimum atomic E-state index is -0.207. The molecule has 0 saturated heterocycles. The van der Waals surface area contributed by atoms with Gasteiger partial charge in [-0.3, -0.25) is 0 Å². The quantitative estimate of drug-likeness (QED) is 0.677. The van der Waals surface area contributed by atoms with E-state index in [2.05, 4.69) is 38.1 Å². The van der Waals surface area contributed by atoms with Crippen LogP contribution in [0.2, 0.25) is 0 Å². The number of rotatable bonds is 4. The molecule has 0 spiro atoms. The van der Waals surface area contributed by atoms with Crippen molar-refractivity contribution in [2.24, 2.45) is 0 Å². The van der Waals surface area contributed by atoms with Crippen LogP contribution in [-0.2, 0) is 6.42 Å². The Hall–Kier alpha value is -1.79. The topological polar surface area (TPSA) is 73.8 Å². The maximum absolute atomic E-state index is 11.4. The first-order valence-corrected chi connectivity index (χ1v) is 7.59. The van der Waals surface area contributed by atoms with E-state index in [4.69, 9.17) is 4.42 Å². The van der Waals surface area contributed by atoms with E-state index in [1.54, 1.807) is 0 Å². The molecular weight excluding hydrogens is 334 g/mol. The van der Waals surface area contributed by atoms with E-state index in [9.17, 15) is 4.79 Å². The first-order valence-electron chi connectivity index (χ1n) is 6.79. The zero-order valence-electron chi connectivity index (χ0n) is 11.8. The Labute approximate surface area is 129 Å². The number of imidazole rings is 1. The summed E-state index contributed by atoms with van der Waals surface area (Å²) in [5.41, 5.74) is 2.36. The highest BCUT2D eigenvalue weighted by molar-refractivity contribution is 9.10. The van der Waals surface area contributed by atoms with Crippen molar-refractivity contribution in [2.45, 2.75) is 19.4 Å². The summed E-state index contributed by atoms with van der Waals surface area (Å²) in [4.78, 5) is 16.9. The number of hydrogen-bond acceptors (Lipinski definition) is 3. The molecule has 3 N–H and O–H groups in total. The molecule has 0 aliphatic heterocycles. The summed E-state index contributed by atoms with van der Waals surface area (Å²) < 4.78 is 6.77. The molecule has 6 heteroatoms. The van der Waals surface area contributed by atoms with Crippen LogP contribution in [-0.4, -0.2) is 17.0 Å². The molecule has 1 atom stereocenters. The van der Waals surface area contributed by atoms with Gasteiger partial charge in [0.2, 0.25) is 0 Å². The fourth-order valence-electron chi connectivity index (χ4n) is 2.48. The molecule has 5 nitrogen and oxygen atoms in total. The normalized spacial score (nSPS) is 12.9. The molecule has 1 aromatic carbocycles. The molecule has 1 unspecified atom stereocenters. The Bertz CT molecular complexity index is 831. The molecule has 0 saturated carbocycles. The molecule has 2 heterocycles. The molecular formula is C15H16BrN3O2. The summed E-state index contributed by atoms with van der Waals surface area (Å²) in [6.07, 6.45) is 0.863. The first kappa shape index (κ1) is 14.2. The van der Waals surface area contributed by atoms with E-state index < -0.39 is 0 Å². The summed E-state index contributed by atoms with van der Waals surface area (Å²) in [5.74, 6) is 1.81. The van der Waals surface area contributed by atoms with Crippen LogP contribution in [0.15, 0.2) is 37.9 Å². The van der Waals surface area contributed by atoms with Gasteiger partial charge in [0.25, 0.3) is 0 Å². The Morgan fingerprint density at radius 3 is 2.62 bits per heavy atom. The molecule has 3 aromatic rings. The molecule has 0 radical (unpaired) electrons. The standard InChI is InChI=1S/C15H16BrN3O2/c1-3-8-4-5-13(21-8)14(17-2)9-6-11-12(7-10(9)16)19-15(20)18-11/h4-7,14,17H,3H2,1-2H3,(H2,18,19,20). The van der Waals surface area contributed by atoms with Crippen molar-refractivity contribution >= 4 is 27.0 Å². The van der Waals surface area contributed by atoms with Gasteiger partial charge in [0.05, 0.1) is 17.1 Å². The van der Waals surface area contributed by atoms with Crippen molar-refractivity contribution in [3.05, 3.63) is 56.3 Å². The predicted molar refractivity (Wildman–Crippen MR) is 85.6 cm³/mol. The van der Waals surface area contributed by atoms with Crippen molar-refractivity contribution in [2.75, 3.05) is 7.05 Å². The summed E-state index contributed by atoms with van der Waals surface area (Å²) >= 11 is 3.57. The Morgan fingerprint density at radius 1 is 1.29 bits per heavy atom. The third kappa shape index (κ3) is 2.56. The monoisotopic (exact) mass is 349 g/mol. The van der Waals surface area contributed by atoms with Crippen molar-refractivity contribution in [1.82, 2.24) is 15.3 Å². The number of halogens is 1. The van der Waals surface area contributed by atoms with Gasteiger partial charge in [-0.25, -0.2) is 4.79 Å². The van der Waals surface area contributed by atoms with Crippen molar-refractivity contribution in [3.63, 3.8) is 0 Å². The van der Waals surface area contributed by atoms with Gasteiger partial charge >= 0.3 is 5.69 Å².